The Balaban J connectivity index is 1.14. The smallest absolute Gasteiger partial charge is 0.278 e. The molecule has 1 atom stereocenters. The first kappa shape index (κ1) is 25.9. The Hall–Kier alpha value is -3.34. The summed E-state index contributed by atoms with van der Waals surface area (Å²) in [6.07, 6.45) is 8.21. The SMILES string of the molecule is CC1(c2ccc(Cl)cc2F)Oc2cccc(C3CCN(Cc4ncc(C#N)cc4OC4CCCC4)CC3)c2O1. The molecule has 1 unspecified atom stereocenters. The summed E-state index contributed by atoms with van der Waals surface area (Å²) in [6.45, 7) is 4.20. The molecule has 6 rings (SSSR count). The number of nitriles is 1. The lowest BCUT2D eigenvalue weighted by atomic mass is 9.88. The predicted molar refractivity (Wildman–Crippen MR) is 146 cm³/mol. The second-order valence-corrected chi connectivity index (χ2v) is 11.2. The summed E-state index contributed by atoms with van der Waals surface area (Å²) in [5, 5.41) is 9.69. The minimum absolute atomic E-state index is 0.208. The Labute approximate surface area is 233 Å². The van der Waals surface area contributed by atoms with E-state index in [2.05, 4.69) is 22.0 Å². The molecule has 6 nitrogen and oxygen atoms in total. The van der Waals surface area contributed by atoms with Gasteiger partial charge in [-0.1, -0.05) is 23.7 Å². The van der Waals surface area contributed by atoms with Crippen molar-refractivity contribution in [1.29, 1.82) is 5.26 Å². The number of benzene rings is 2. The number of ether oxygens (including phenoxy) is 3. The first-order valence-corrected chi connectivity index (χ1v) is 14.0. The van der Waals surface area contributed by atoms with Gasteiger partial charge in [0.1, 0.15) is 17.6 Å². The average molecular weight is 548 g/mol. The summed E-state index contributed by atoms with van der Waals surface area (Å²) < 4.78 is 33.5. The molecular formula is C31H31ClFN3O3. The average Bonchev–Trinajstić information content (AvgIpc) is 3.57. The maximum atomic E-state index is 14.8. The molecule has 3 heterocycles. The fourth-order valence-electron chi connectivity index (χ4n) is 5.99. The molecule has 1 aliphatic carbocycles. The van der Waals surface area contributed by atoms with Crippen LogP contribution in [0.25, 0.3) is 0 Å². The third-order valence-corrected chi connectivity index (χ3v) is 8.32. The Morgan fingerprint density at radius 2 is 1.92 bits per heavy atom. The number of pyridine rings is 1. The Morgan fingerprint density at radius 3 is 2.67 bits per heavy atom. The Kier molecular flexibility index (Phi) is 7.09. The van der Waals surface area contributed by atoms with Crippen LogP contribution in [0.1, 0.15) is 73.8 Å². The molecule has 0 bridgehead atoms. The maximum absolute atomic E-state index is 14.8. The third-order valence-electron chi connectivity index (χ3n) is 8.09. The van der Waals surface area contributed by atoms with Crippen LogP contribution in [0.5, 0.6) is 17.2 Å². The Bertz CT molecular complexity index is 1410. The molecule has 1 saturated heterocycles. The van der Waals surface area contributed by atoms with E-state index in [4.69, 9.17) is 25.8 Å². The molecular weight excluding hydrogens is 517 g/mol. The molecule has 0 spiro atoms. The zero-order valence-electron chi connectivity index (χ0n) is 22.0. The van der Waals surface area contributed by atoms with Gasteiger partial charge in [-0.25, -0.2) is 4.39 Å². The molecule has 202 valence electrons. The van der Waals surface area contributed by atoms with Crippen LogP contribution >= 0.6 is 11.6 Å². The van der Waals surface area contributed by atoms with Crippen LogP contribution in [-0.2, 0) is 12.3 Å². The number of para-hydroxylation sites is 1. The van der Waals surface area contributed by atoms with E-state index in [1.54, 1.807) is 25.3 Å². The van der Waals surface area contributed by atoms with Gasteiger partial charge in [0.05, 0.1) is 22.9 Å². The molecule has 3 aromatic rings. The van der Waals surface area contributed by atoms with Crippen molar-refractivity contribution in [2.75, 3.05) is 13.1 Å². The topological polar surface area (TPSA) is 67.6 Å². The van der Waals surface area contributed by atoms with Crippen molar-refractivity contribution < 1.29 is 18.6 Å². The van der Waals surface area contributed by atoms with E-state index in [1.807, 2.05) is 18.2 Å². The second kappa shape index (κ2) is 10.7. The van der Waals surface area contributed by atoms with Crippen molar-refractivity contribution >= 4 is 11.6 Å². The molecule has 8 heteroatoms. The fourth-order valence-corrected chi connectivity index (χ4v) is 6.15. The van der Waals surface area contributed by atoms with Gasteiger partial charge in [-0.05, 0) is 81.8 Å². The van der Waals surface area contributed by atoms with Crippen molar-refractivity contribution in [2.45, 2.75) is 69.8 Å². The largest absolute Gasteiger partial charge is 0.488 e. The van der Waals surface area contributed by atoms with Gasteiger partial charge in [-0.2, -0.15) is 5.26 Å². The van der Waals surface area contributed by atoms with Gasteiger partial charge in [-0.15, -0.1) is 0 Å². The lowest BCUT2D eigenvalue weighted by Gasteiger charge is -2.33. The van der Waals surface area contributed by atoms with Crippen LogP contribution in [0.2, 0.25) is 5.02 Å². The molecule has 2 aromatic carbocycles. The molecule has 0 radical (unpaired) electrons. The van der Waals surface area contributed by atoms with E-state index in [0.29, 0.717) is 40.1 Å². The number of hydrogen-bond acceptors (Lipinski definition) is 6. The van der Waals surface area contributed by atoms with Crippen molar-refractivity contribution in [3.8, 4) is 23.3 Å². The number of likely N-dealkylation sites (tertiary alicyclic amines) is 1. The van der Waals surface area contributed by atoms with Crippen LogP contribution in [-0.4, -0.2) is 29.1 Å². The van der Waals surface area contributed by atoms with Crippen molar-refractivity contribution in [3.63, 3.8) is 0 Å². The summed E-state index contributed by atoms with van der Waals surface area (Å²) in [7, 11) is 0. The summed E-state index contributed by atoms with van der Waals surface area (Å²) in [5.41, 5.74) is 2.81. The number of piperidine rings is 1. The number of fused-ring (bicyclic) bond motifs is 1. The van der Waals surface area contributed by atoms with Gasteiger partial charge in [0.25, 0.3) is 5.79 Å². The zero-order chi connectivity index (χ0) is 27.0. The number of nitrogens with zero attached hydrogens (tertiary/aromatic N) is 3. The first-order chi connectivity index (χ1) is 18.9. The van der Waals surface area contributed by atoms with Crippen LogP contribution in [0.15, 0.2) is 48.7 Å². The molecule has 39 heavy (non-hydrogen) atoms. The van der Waals surface area contributed by atoms with E-state index >= 15 is 0 Å². The van der Waals surface area contributed by atoms with Crippen LogP contribution in [0.4, 0.5) is 4.39 Å². The normalized spacial score (nSPS) is 21.7. The van der Waals surface area contributed by atoms with E-state index in [9.17, 15) is 9.65 Å². The molecule has 1 aromatic heterocycles. The van der Waals surface area contributed by atoms with Crippen molar-refractivity contribution in [3.05, 3.63) is 81.9 Å². The highest BCUT2D eigenvalue weighted by molar-refractivity contribution is 6.30. The summed E-state index contributed by atoms with van der Waals surface area (Å²) in [4.78, 5) is 6.99. The Morgan fingerprint density at radius 1 is 1.13 bits per heavy atom. The van der Waals surface area contributed by atoms with E-state index in [0.717, 1.165) is 55.8 Å². The fraction of sp³-hybridized carbons (Fsp3) is 0.419. The quantitative estimate of drug-likeness (QED) is 0.328. The first-order valence-electron chi connectivity index (χ1n) is 13.7. The van der Waals surface area contributed by atoms with Crippen LogP contribution in [0.3, 0.4) is 0 Å². The van der Waals surface area contributed by atoms with E-state index in [1.165, 1.54) is 18.9 Å². The molecule has 3 aliphatic rings. The number of rotatable bonds is 6. The zero-order valence-corrected chi connectivity index (χ0v) is 22.7. The maximum Gasteiger partial charge on any atom is 0.278 e. The molecule has 2 aliphatic heterocycles. The second-order valence-electron chi connectivity index (χ2n) is 10.8. The van der Waals surface area contributed by atoms with Gasteiger partial charge in [-0.3, -0.25) is 9.88 Å². The van der Waals surface area contributed by atoms with Crippen LogP contribution in [0, 0.1) is 17.1 Å². The van der Waals surface area contributed by atoms with Gasteiger partial charge in [0, 0.05) is 36.3 Å². The summed E-state index contributed by atoms with van der Waals surface area (Å²) in [5.74, 6) is 0.630. The standard InChI is InChI=1S/C31H31ClFN3O3/c1-31(25-10-9-22(32)16-26(25)33)38-28-8-4-7-24(30(28)39-31)21-11-13-36(14-12-21)19-27-29(15-20(17-34)18-35-27)37-23-5-2-3-6-23/h4,7-10,15-16,18,21,23H,2-3,5-6,11-14,19H2,1H3. The van der Waals surface area contributed by atoms with Gasteiger partial charge in [0.2, 0.25) is 0 Å². The van der Waals surface area contributed by atoms with Gasteiger partial charge >= 0.3 is 0 Å². The van der Waals surface area contributed by atoms with Crippen molar-refractivity contribution in [1.82, 2.24) is 9.88 Å². The molecule has 0 N–H and O–H groups in total. The predicted octanol–water partition coefficient (Wildman–Crippen LogP) is 7.09. The third kappa shape index (κ3) is 5.28. The van der Waals surface area contributed by atoms with Gasteiger partial charge < -0.3 is 14.2 Å². The number of halogens is 2. The molecule has 2 fully saturated rings. The highest BCUT2D eigenvalue weighted by Crippen LogP contribution is 2.50. The molecule has 0 amide bonds. The number of hydrogen-bond donors (Lipinski definition) is 0. The van der Waals surface area contributed by atoms with Crippen molar-refractivity contribution in [2.24, 2.45) is 0 Å². The lowest BCUT2D eigenvalue weighted by Crippen LogP contribution is -2.34. The highest BCUT2D eigenvalue weighted by atomic mass is 35.5. The monoisotopic (exact) mass is 547 g/mol. The lowest BCUT2D eigenvalue weighted by molar-refractivity contribution is -0.0712. The summed E-state index contributed by atoms with van der Waals surface area (Å²) >= 11 is 5.96. The van der Waals surface area contributed by atoms with E-state index in [-0.39, 0.29) is 6.10 Å². The van der Waals surface area contributed by atoms with E-state index < -0.39 is 11.6 Å². The summed E-state index contributed by atoms with van der Waals surface area (Å²) in [6, 6.07) is 14.5. The minimum atomic E-state index is -1.26. The van der Waals surface area contributed by atoms with Gasteiger partial charge in [0.15, 0.2) is 11.5 Å². The minimum Gasteiger partial charge on any atom is -0.488 e. The van der Waals surface area contributed by atoms with Crippen LogP contribution < -0.4 is 14.2 Å². The highest BCUT2D eigenvalue weighted by Gasteiger charge is 2.43. The molecule has 1 saturated carbocycles. The number of aromatic nitrogens is 1.